The first kappa shape index (κ1) is 20.7. The van der Waals surface area contributed by atoms with Crippen molar-refractivity contribution in [1.82, 2.24) is 0 Å². The van der Waals surface area contributed by atoms with Crippen molar-refractivity contribution in [2.75, 3.05) is 0 Å². The van der Waals surface area contributed by atoms with Crippen molar-refractivity contribution in [1.29, 1.82) is 0 Å². The van der Waals surface area contributed by atoms with E-state index in [-0.39, 0.29) is 5.56 Å². The number of halogens is 8. The predicted octanol–water partition coefficient (Wildman–Crippen LogP) is 7.33. The third kappa shape index (κ3) is 4.96. The van der Waals surface area contributed by atoms with Crippen molar-refractivity contribution in [3.8, 4) is 0 Å². The van der Waals surface area contributed by atoms with E-state index in [2.05, 4.69) is 15.9 Å². The van der Waals surface area contributed by atoms with Crippen LogP contribution in [-0.2, 0) is 0 Å². The average Bonchev–Trinajstić information content (AvgIpc) is 2.51. The van der Waals surface area contributed by atoms with E-state index < -0.39 is 39.0 Å². The highest BCUT2D eigenvalue weighted by atomic mass is 127. The van der Waals surface area contributed by atoms with Gasteiger partial charge in [0.15, 0.2) is 11.6 Å². The highest BCUT2D eigenvalue weighted by Crippen LogP contribution is 2.37. The van der Waals surface area contributed by atoms with E-state index in [1.165, 1.54) is 12.1 Å². The fourth-order valence-electron chi connectivity index (χ4n) is 1.90. The number of alkyl halides is 3. The number of carbonyl (C=O) groups excluding carboxylic acids is 1. The van der Waals surface area contributed by atoms with Crippen LogP contribution in [0.15, 0.2) is 40.9 Å². The number of allylic oxidation sites excluding steroid dienone is 2. The van der Waals surface area contributed by atoms with E-state index in [1.54, 1.807) is 6.07 Å². The summed E-state index contributed by atoms with van der Waals surface area (Å²) in [5, 5.41) is -1.13. The number of hydrogen-bond donors (Lipinski definition) is 0. The first-order valence-electron chi connectivity index (χ1n) is 6.44. The van der Waals surface area contributed by atoms with Gasteiger partial charge in [-0.15, -0.1) is 0 Å². The van der Waals surface area contributed by atoms with Crippen molar-refractivity contribution in [3.63, 3.8) is 0 Å². The van der Waals surface area contributed by atoms with Crippen LogP contribution in [-0.4, -0.2) is 12.0 Å². The summed E-state index contributed by atoms with van der Waals surface area (Å²) >= 11 is 16.3. The molecule has 0 spiro atoms. The van der Waals surface area contributed by atoms with Crippen molar-refractivity contribution in [2.24, 2.45) is 0 Å². The maximum atomic E-state index is 13.4. The molecule has 2 aromatic rings. The van der Waals surface area contributed by atoms with E-state index in [9.17, 15) is 22.4 Å². The molecule has 0 aliphatic carbocycles. The number of ketones is 1. The molecule has 0 unspecified atom stereocenters. The molecule has 0 heterocycles. The van der Waals surface area contributed by atoms with E-state index in [0.29, 0.717) is 10.5 Å². The standard InChI is InChI=1S/C16H6BrCl2F4IO/c17-10-3-7(1-2-13(10)24)14(25)6-9(16(21,22)23)8-4-11(18)15(20)12(19)5-8/h1-6H/b9-6-. The SMILES string of the molecule is O=C(/C=C(/c1cc(Cl)c(F)c(Cl)c1)C(F)(F)F)c1ccc(I)c(Br)c1. The zero-order valence-electron chi connectivity index (χ0n) is 11.9. The molecule has 0 atom stereocenters. The summed E-state index contributed by atoms with van der Waals surface area (Å²) in [5.41, 5.74) is -1.70. The summed E-state index contributed by atoms with van der Waals surface area (Å²) < 4.78 is 55.0. The Balaban J connectivity index is 2.56. The van der Waals surface area contributed by atoms with E-state index in [4.69, 9.17) is 23.2 Å². The lowest BCUT2D eigenvalue weighted by atomic mass is 10.0. The number of carbonyl (C=O) groups is 1. The Labute approximate surface area is 172 Å². The summed E-state index contributed by atoms with van der Waals surface area (Å²) in [4.78, 5) is 12.2. The minimum atomic E-state index is -4.86. The van der Waals surface area contributed by atoms with Crippen LogP contribution in [0.25, 0.3) is 5.57 Å². The van der Waals surface area contributed by atoms with Crippen molar-refractivity contribution in [3.05, 3.63) is 71.4 Å². The molecule has 0 aliphatic heterocycles. The van der Waals surface area contributed by atoms with Gasteiger partial charge in [0.25, 0.3) is 0 Å². The van der Waals surface area contributed by atoms with Gasteiger partial charge in [-0.25, -0.2) is 4.39 Å². The minimum absolute atomic E-state index is 0.0633. The average molecular weight is 568 g/mol. The second-order valence-electron chi connectivity index (χ2n) is 4.80. The third-order valence-corrected chi connectivity index (χ3v) is 5.97. The Morgan fingerprint density at radius 2 is 1.64 bits per heavy atom. The first-order valence-corrected chi connectivity index (χ1v) is 9.06. The van der Waals surface area contributed by atoms with Gasteiger partial charge < -0.3 is 0 Å². The molecule has 25 heavy (non-hydrogen) atoms. The summed E-state index contributed by atoms with van der Waals surface area (Å²) in [6.45, 7) is 0. The highest BCUT2D eigenvalue weighted by molar-refractivity contribution is 14.1. The number of hydrogen-bond acceptors (Lipinski definition) is 1. The molecular weight excluding hydrogens is 562 g/mol. The van der Waals surface area contributed by atoms with Gasteiger partial charge in [-0.05, 0) is 80.5 Å². The molecule has 0 saturated heterocycles. The Morgan fingerprint density at radius 3 is 2.12 bits per heavy atom. The van der Waals surface area contributed by atoms with E-state index in [1.807, 2.05) is 22.6 Å². The smallest absolute Gasteiger partial charge is 0.289 e. The second kappa shape index (κ2) is 7.94. The van der Waals surface area contributed by atoms with E-state index in [0.717, 1.165) is 15.7 Å². The summed E-state index contributed by atoms with van der Waals surface area (Å²) in [5.74, 6) is -1.89. The van der Waals surface area contributed by atoms with Gasteiger partial charge in [0, 0.05) is 13.6 Å². The molecular formula is C16H6BrCl2F4IO. The van der Waals surface area contributed by atoms with Crippen LogP contribution < -0.4 is 0 Å². The van der Waals surface area contributed by atoms with Gasteiger partial charge in [0.2, 0.25) is 0 Å². The van der Waals surface area contributed by atoms with Gasteiger partial charge in [0.05, 0.1) is 15.6 Å². The lowest BCUT2D eigenvalue weighted by molar-refractivity contribution is -0.0689. The van der Waals surface area contributed by atoms with Gasteiger partial charge in [0.1, 0.15) is 0 Å². The van der Waals surface area contributed by atoms with Crippen molar-refractivity contribution < 1.29 is 22.4 Å². The van der Waals surface area contributed by atoms with Crippen LogP contribution >= 0.6 is 61.7 Å². The molecule has 0 saturated carbocycles. The molecule has 9 heteroatoms. The van der Waals surface area contributed by atoms with Crippen molar-refractivity contribution in [2.45, 2.75) is 6.18 Å². The fraction of sp³-hybridized carbons (Fsp3) is 0.0625. The molecule has 132 valence electrons. The summed E-state index contributed by atoms with van der Waals surface area (Å²) in [7, 11) is 0. The minimum Gasteiger partial charge on any atom is -0.289 e. The highest BCUT2D eigenvalue weighted by Gasteiger charge is 2.36. The molecule has 0 aromatic heterocycles. The Hall–Kier alpha value is -0.640. The Morgan fingerprint density at radius 1 is 1.08 bits per heavy atom. The molecule has 0 fully saturated rings. The topological polar surface area (TPSA) is 17.1 Å². The summed E-state index contributed by atoms with van der Waals surface area (Å²) in [6, 6.07) is 5.96. The molecule has 0 amide bonds. The number of rotatable bonds is 3. The van der Waals surface area contributed by atoms with Crippen LogP contribution in [0.2, 0.25) is 10.0 Å². The second-order valence-corrected chi connectivity index (χ2v) is 7.63. The molecule has 0 radical (unpaired) electrons. The molecule has 0 bridgehead atoms. The largest absolute Gasteiger partial charge is 0.417 e. The van der Waals surface area contributed by atoms with Crippen molar-refractivity contribution >= 4 is 73.1 Å². The van der Waals surface area contributed by atoms with Gasteiger partial charge in [-0.1, -0.05) is 23.2 Å². The monoisotopic (exact) mass is 566 g/mol. The lowest BCUT2D eigenvalue weighted by Gasteiger charge is -2.13. The van der Waals surface area contributed by atoms with Crippen LogP contribution in [0.3, 0.4) is 0 Å². The maximum Gasteiger partial charge on any atom is 0.417 e. The van der Waals surface area contributed by atoms with Crippen LogP contribution in [0, 0.1) is 9.39 Å². The van der Waals surface area contributed by atoms with E-state index >= 15 is 0 Å². The maximum absolute atomic E-state index is 13.4. The number of benzene rings is 2. The Bertz CT molecular complexity index is 858. The Kier molecular flexibility index (Phi) is 6.56. The zero-order valence-corrected chi connectivity index (χ0v) is 17.2. The van der Waals surface area contributed by atoms with Gasteiger partial charge in [-0.2, -0.15) is 13.2 Å². The quantitative estimate of drug-likeness (QED) is 0.125. The van der Waals surface area contributed by atoms with Crippen LogP contribution in [0.4, 0.5) is 17.6 Å². The van der Waals surface area contributed by atoms with Crippen LogP contribution in [0.5, 0.6) is 0 Å². The molecule has 2 aromatic carbocycles. The molecule has 1 nitrogen and oxygen atoms in total. The fourth-order valence-corrected chi connectivity index (χ4v) is 3.11. The predicted molar refractivity (Wildman–Crippen MR) is 102 cm³/mol. The lowest BCUT2D eigenvalue weighted by Crippen LogP contribution is -2.13. The van der Waals surface area contributed by atoms with Gasteiger partial charge >= 0.3 is 6.18 Å². The molecule has 0 N–H and O–H groups in total. The van der Waals surface area contributed by atoms with Crippen LogP contribution in [0.1, 0.15) is 15.9 Å². The summed E-state index contributed by atoms with van der Waals surface area (Å²) in [6.07, 6.45) is -4.42. The van der Waals surface area contributed by atoms with Gasteiger partial charge in [-0.3, -0.25) is 4.79 Å². The first-order chi connectivity index (χ1) is 11.5. The molecule has 0 aliphatic rings. The third-order valence-electron chi connectivity index (χ3n) is 3.08. The zero-order chi connectivity index (χ0) is 18.9. The molecule has 2 rings (SSSR count). The normalized spacial score (nSPS) is 12.4.